The second-order valence-electron chi connectivity index (χ2n) is 5.77. The summed E-state index contributed by atoms with van der Waals surface area (Å²) in [7, 11) is 0. The molecule has 110 valence electrons. The maximum Gasteiger partial charge on any atom is 0.133 e. The Hall–Kier alpha value is -2.62. The van der Waals surface area contributed by atoms with E-state index in [9.17, 15) is 0 Å². The number of pyridine rings is 1. The zero-order valence-corrected chi connectivity index (χ0v) is 12.8. The van der Waals surface area contributed by atoms with Gasteiger partial charge in [-0.2, -0.15) is 5.10 Å². The van der Waals surface area contributed by atoms with Crippen molar-refractivity contribution < 1.29 is 0 Å². The zero-order valence-electron chi connectivity index (χ0n) is 12.8. The third-order valence-corrected chi connectivity index (χ3v) is 4.34. The number of nitrogens with one attached hydrogen (secondary N) is 1. The minimum absolute atomic E-state index is 0.968. The quantitative estimate of drug-likeness (QED) is 0.785. The van der Waals surface area contributed by atoms with Gasteiger partial charge in [-0.3, -0.25) is 4.98 Å². The minimum Gasteiger partial charge on any atom is -0.369 e. The Morgan fingerprint density at radius 2 is 1.86 bits per heavy atom. The highest BCUT2D eigenvalue weighted by Gasteiger charge is 2.23. The maximum atomic E-state index is 4.87. The summed E-state index contributed by atoms with van der Waals surface area (Å²) in [5, 5.41) is 8.35. The summed E-state index contributed by atoms with van der Waals surface area (Å²) in [5.41, 5.74) is 7.16. The van der Waals surface area contributed by atoms with E-state index in [2.05, 4.69) is 42.3 Å². The lowest BCUT2D eigenvalue weighted by molar-refractivity contribution is 0.880. The Balaban J connectivity index is 1.89. The van der Waals surface area contributed by atoms with Crippen molar-refractivity contribution in [3.05, 3.63) is 59.4 Å². The molecule has 22 heavy (non-hydrogen) atoms. The molecule has 0 spiro atoms. The van der Waals surface area contributed by atoms with Gasteiger partial charge in [-0.25, -0.2) is 4.68 Å². The second kappa shape index (κ2) is 4.98. The van der Waals surface area contributed by atoms with E-state index in [0.29, 0.717) is 0 Å². The Morgan fingerprint density at radius 1 is 1.05 bits per heavy atom. The van der Waals surface area contributed by atoms with E-state index in [1.807, 2.05) is 29.2 Å². The molecule has 1 aliphatic heterocycles. The van der Waals surface area contributed by atoms with Crippen molar-refractivity contribution in [1.82, 2.24) is 14.8 Å². The van der Waals surface area contributed by atoms with Gasteiger partial charge >= 0.3 is 0 Å². The smallest absolute Gasteiger partial charge is 0.133 e. The Kier molecular flexibility index (Phi) is 2.96. The molecule has 0 radical (unpaired) electrons. The van der Waals surface area contributed by atoms with Gasteiger partial charge in [0.05, 0.1) is 11.4 Å². The van der Waals surface area contributed by atoms with E-state index in [1.165, 1.54) is 16.7 Å². The van der Waals surface area contributed by atoms with Crippen LogP contribution in [0.15, 0.2) is 42.7 Å². The molecule has 0 amide bonds. The molecule has 4 rings (SSSR count). The van der Waals surface area contributed by atoms with Crippen LogP contribution < -0.4 is 5.32 Å². The normalized spacial score (nSPS) is 13.0. The third kappa shape index (κ3) is 1.99. The van der Waals surface area contributed by atoms with E-state index in [-0.39, 0.29) is 0 Å². The van der Waals surface area contributed by atoms with Crippen LogP contribution in [-0.2, 0) is 6.42 Å². The number of hydrogen-bond donors (Lipinski definition) is 1. The number of rotatable bonds is 2. The summed E-state index contributed by atoms with van der Waals surface area (Å²) in [4.78, 5) is 4.10. The van der Waals surface area contributed by atoms with E-state index in [1.54, 1.807) is 0 Å². The van der Waals surface area contributed by atoms with Crippen molar-refractivity contribution in [3.63, 3.8) is 0 Å². The summed E-state index contributed by atoms with van der Waals surface area (Å²) in [6.45, 7) is 5.24. The van der Waals surface area contributed by atoms with Crippen molar-refractivity contribution in [2.24, 2.45) is 0 Å². The van der Waals surface area contributed by atoms with Gasteiger partial charge in [0.25, 0.3) is 0 Å². The number of anilines is 1. The van der Waals surface area contributed by atoms with Gasteiger partial charge in [-0.05, 0) is 55.7 Å². The first-order chi connectivity index (χ1) is 10.7. The number of aryl methyl sites for hydroxylation is 2. The highest BCUT2D eigenvalue weighted by Crippen LogP contribution is 2.34. The fourth-order valence-electron chi connectivity index (χ4n) is 2.96. The number of fused-ring (bicyclic) bond motifs is 1. The van der Waals surface area contributed by atoms with Crippen molar-refractivity contribution in [1.29, 1.82) is 0 Å². The molecule has 0 saturated carbocycles. The summed E-state index contributed by atoms with van der Waals surface area (Å²) in [6.07, 6.45) is 4.65. The van der Waals surface area contributed by atoms with Crippen molar-refractivity contribution in [2.45, 2.75) is 20.3 Å². The highest BCUT2D eigenvalue weighted by atomic mass is 15.3. The van der Waals surface area contributed by atoms with Crippen LogP contribution in [0.2, 0.25) is 0 Å². The molecule has 0 saturated heterocycles. The number of hydrogen-bond acceptors (Lipinski definition) is 3. The van der Waals surface area contributed by atoms with Crippen LogP contribution >= 0.6 is 0 Å². The highest BCUT2D eigenvalue weighted by molar-refractivity contribution is 5.72. The monoisotopic (exact) mass is 290 g/mol. The molecule has 0 fully saturated rings. The van der Waals surface area contributed by atoms with E-state index in [0.717, 1.165) is 35.7 Å². The van der Waals surface area contributed by atoms with Gasteiger partial charge in [0.1, 0.15) is 5.82 Å². The van der Waals surface area contributed by atoms with E-state index in [4.69, 9.17) is 5.10 Å². The molecule has 1 aliphatic rings. The lowest BCUT2D eigenvalue weighted by atomic mass is 10.1. The van der Waals surface area contributed by atoms with Gasteiger partial charge in [0.2, 0.25) is 0 Å². The first-order valence-electron chi connectivity index (χ1n) is 7.58. The summed E-state index contributed by atoms with van der Waals surface area (Å²) >= 11 is 0. The van der Waals surface area contributed by atoms with Crippen LogP contribution in [-0.4, -0.2) is 21.3 Å². The van der Waals surface area contributed by atoms with Gasteiger partial charge in [0, 0.05) is 30.1 Å². The van der Waals surface area contributed by atoms with Crippen molar-refractivity contribution in [3.8, 4) is 16.9 Å². The Labute approximate surface area is 129 Å². The molecule has 1 aromatic carbocycles. The van der Waals surface area contributed by atoms with E-state index >= 15 is 0 Å². The summed E-state index contributed by atoms with van der Waals surface area (Å²) < 4.78 is 2.03. The average Bonchev–Trinajstić information content (AvgIpc) is 3.13. The van der Waals surface area contributed by atoms with Gasteiger partial charge < -0.3 is 5.32 Å². The predicted octanol–water partition coefficient (Wildman–Crippen LogP) is 3.52. The number of nitrogens with zero attached hydrogens (tertiary/aromatic N) is 3. The fraction of sp³-hybridized carbons (Fsp3) is 0.222. The van der Waals surface area contributed by atoms with Crippen LogP contribution in [0.4, 0.5) is 5.82 Å². The van der Waals surface area contributed by atoms with Crippen LogP contribution in [0.5, 0.6) is 0 Å². The summed E-state index contributed by atoms with van der Waals surface area (Å²) in [6, 6.07) is 10.5. The van der Waals surface area contributed by atoms with E-state index < -0.39 is 0 Å². The zero-order chi connectivity index (χ0) is 15.1. The molecule has 0 unspecified atom stereocenters. The van der Waals surface area contributed by atoms with Crippen LogP contribution in [0.25, 0.3) is 16.9 Å². The second-order valence-corrected chi connectivity index (χ2v) is 5.77. The summed E-state index contributed by atoms with van der Waals surface area (Å²) in [5.74, 6) is 1.12. The number of aromatic nitrogens is 3. The van der Waals surface area contributed by atoms with Gasteiger partial charge in [0.15, 0.2) is 0 Å². The Bertz CT molecular complexity index is 834. The van der Waals surface area contributed by atoms with Crippen LogP contribution in [0, 0.1) is 13.8 Å². The Morgan fingerprint density at radius 3 is 2.64 bits per heavy atom. The molecular formula is C18H18N4. The fourth-order valence-corrected chi connectivity index (χ4v) is 2.96. The van der Waals surface area contributed by atoms with Crippen molar-refractivity contribution in [2.75, 3.05) is 11.9 Å². The largest absolute Gasteiger partial charge is 0.369 e. The van der Waals surface area contributed by atoms with Crippen LogP contribution in [0.1, 0.15) is 16.7 Å². The lowest BCUT2D eigenvalue weighted by Gasteiger charge is -2.08. The average molecular weight is 290 g/mol. The topological polar surface area (TPSA) is 42.7 Å². The lowest BCUT2D eigenvalue weighted by Crippen LogP contribution is -2.04. The standard InChI is InChI=1S/C18H18N4/c1-12-3-4-15(11-13(12)2)22-18-16(7-10-20-18)17(21-22)14-5-8-19-9-6-14/h3-6,8-9,11,20H,7,10H2,1-2H3. The molecule has 0 aliphatic carbocycles. The molecule has 0 atom stereocenters. The molecular weight excluding hydrogens is 272 g/mol. The first kappa shape index (κ1) is 13.1. The first-order valence-corrected chi connectivity index (χ1v) is 7.58. The molecule has 2 aromatic heterocycles. The minimum atomic E-state index is 0.968. The molecule has 3 heterocycles. The van der Waals surface area contributed by atoms with Gasteiger partial charge in [-0.1, -0.05) is 6.07 Å². The molecule has 3 aromatic rings. The van der Waals surface area contributed by atoms with Gasteiger partial charge in [-0.15, -0.1) is 0 Å². The van der Waals surface area contributed by atoms with Crippen molar-refractivity contribution >= 4 is 5.82 Å². The maximum absolute atomic E-state index is 4.87. The molecule has 4 nitrogen and oxygen atoms in total. The third-order valence-electron chi connectivity index (χ3n) is 4.34. The molecule has 4 heteroatoms. The van der Waals surface area contributed by atoms with Crippen LogP contribution in [0.3, 0.4) is 0 Å². The number of benzene rings is 1. The predicted molar refractivity (Wildman–Crippen MR) is 88.5 cm³/mol. The molecule has 1 N–H and O–H groups in total. The molecule has 0 bridgehead atoms. The SMILES string of the molecule is Cc1ccc(-n2nc(-c3ccncc3)c3c2NCC3)cc1C.